The van der Waals surface area contributed by atoms with Crippen LogP contribution in [-0.2, 0) is 28.0 Å². The zero-order chi connectivity index (χ0) is 29.3. The summed E-state index contributed by atoms with van der Waals surface area (Å²) in [7, 11) is -4.09. The van der Waals surface area contributed by atoms with Crippen molar-refractivity contribution in [2.24, 2.45) is 0 Å². The van der Waals surface area contributed by atoms with E-state index in [1.54, 1.807) is 28.0 Å². The molecule has 1 aliphatic heterocycles. The molecule has 0 spiro atoms. The van der Waals surface area contributed by atoms with Gasteiger partial charge >= 0.3 is 5.97 Å². The number of aromatic nitrogens is 3. The summed E-state index contributed by atoms with van der Waals surface area (Å²) in [4.78, 5) is 30.5. The summed E-state index contributed by atoms with van der Waals surface area (Å²) in [6.45, 7) is 3.00. The second-order valence-electron chi connectivity index (χ2n) is 9.10. The van der Waals surface area contributed by atoms with Crippen LogP contribution in [0.4, 0.5) is 5.82 Å². The van der Waals surface area contributed by atoms with Gasteiger partial charge in [0.25, 0.3) is 20.7 Å². The molecule has 4 aromatic rings. The van der Waals surface area contributed by atoms with E-state index >= 15 is 0 Å². The Balaban J connectivity index is 1.53. The van der Waals surface area contributed by atoms with E-state index in [9.17, 15) is 23.1 Å². The SMILES string of the molecule is CCn1c(=O)c(=CC=C2Sc3cc(Cl)[nH]c3N2CCCS(=O)(=O)O)s/c1=C/c1sc2ccccc2[n+]1CCC(=O)O. The number of fused-ring (bicyclic) bond motifs is 2. The molecule has 1 aromatic carbocycles. The van der Waals surface area contributed by atoms with Crippen LogP contribution in [0.3, 0.4) is 0 Å². The summed E-state index contributed by atoms with van der Waals surface area (Å²) < 4.78 is 37.6. The standard InChI is InChI=1S/C26H25ClN4O6S4/c1-2-29-22(15-23-30(12-10-24(32)33)16-6-3-4-7-17(16)38-23)39-18(26(29)34)8-9-21-31(11-5-13-41(35,36)37)25-19(40-21)14-20(27)28-25/h3-4,6-9,14-15,28H,2,5,10-13H2,1H3,(H-,32,33,35,36,37)/p+1. The van der Waals surface area contributed by atoms with Crippen LogP contribution in [0.5, 0.6) is 0 Å². The van der Waals surface area contributed by atoms with Gasteiger partial charge in [0, 0.05) is 19.2 Å². The average molecular weight is 654 g/mol. The van der Waals surface area contributed by atoms with Gasteiger partial charge in [-0.3, -0.25) is 18.7 Å². The summed E-state index contributed by atoms with van der Waals surface area (Å²) in [5.74, 6) is -0.517. The number of aryl methyl sites for hydroxylation is 1. The molecule has 5 rings (SSSR count). The van der Waals surface area contributed by atoms with Crippen LogP contribution in [0.25, 0.3) is 22.4 Å². The number of nitrogens with zero attached hydrogens (tertiary/aromatic N) is 3. The molecule has 4 heterocycles. The summed E-state index contributed by atoms with van der Waals surface area (Å²) in [6.07, 6.45) is 5.69. The van der Waals surface area contributed by atoms with Crippen molar-refractivity contribution in [3.05, 3.63) is 71.1 Å². The Morgan fingerprint density at radius 1 is 1.22 bits per heavy atom. The highest BCUT2D eigenvalue weighted by Gasteiger charge is 2.27. The van der Waals surface area contributed by atoms with E-state index in [4.69, 9.17) is 16.2 Å². The first-order chi connectivity index (χ1) is 19.5. The van der Waals surface area contributed by atoms with Crippen LogP contribution in [0.1, 0.15) is 24.8 Å². The van der Waals surface area contributed by atoms with Crippen molar-refractivity contribution in [3.63, 3.8) is 0 Å². The lowest BCUT2D eigenvalue weighted by Gasteiger charge is -2.18. The number of halogens is 1. The van der Waals surface area contributed by atoms with E-state index in [1.165, 1.54) is 23.1 Å². The van der Waals surface area contributed by atoms with Gasteiger partial charge < -0.3 is 15.0 Å². The number of nitrogens with one attached hydrogen (secondary N) is 1. The lowest BCUT2D eigenvalue weighted by Crippen LogP contribution is -2.37. The Kier molecular flexibility index (Phi) is 8.78. The van der Waals surface area contributed by atoms with Crippen molar-refractivity contribution in [3.8, 4) is 0 Å². The third kappa shape index (κ3) is 6.63. The molecule has 3 N–H and O–H groups in total. The second kappa shape index (κ2) is 12.2. The van der Waals surface area contributed by atoms with E-state index in [-0.39, 0.29) is 24.2 Å². The van der Waals surface area contributed by atoms with E-state index in [1.807, 2.05) is 52.8 Å². The van der Waals surface area contributed by atoms with E-state index in [0.29, 0.717) is 29.3 Å². The molecule has 3 aromatic heterocycles. The largest absolute Gasteiger partial charge is 0.481 e. The number of carbonyl (C=O) groups is 1. The molecule has 1 aliphatic rings. The predicted octanol–water partition coefficient (Wildman–Crippen LogP) is 3.23. The third-order valence-corrected chi connectivity index (χ3v) is 10.6. The highest BCUT2D eigenvalue weighted by atomic mass is 35.5. The van der Waals surface area contributed by atoms with Gasteiger partial charge in [-0.25, -0.2) is 0 Å². The summed E-state index contributed by atoms with van der Waals surface area (Å²) in [5, 5.41) is 11.4. The van der Waals surface area contributed by atoms with Crippen molar-refractivity contribution in [2.45, 2.75) is 37.8 Å². The van der Waals surface area contributed by atoms with Crippen LogP contribution in [0.2, 0.25) is 5.15 Å². The van der Waals surface area contributed by atoms with Crippen molar-refractivity contribution < 1.29 is 27.4 Å². The molecule has 0 amide bonds. The molecular formula is C26H26ClN4O6S4+. The molecule has 0 fully saturated rings. The van der Waals surface area contributed by atoms with Crippen LogP contribution in [0.15, 0.2) is 51.1 Å². The molecule has 41 heavy (non-hydrogen) atoms. The second-order valence-corrected chi connectivity index (χ2v) is 14.3. The Labute approximate surface area is 252 Å². The number of aliphatic carboxylic acids is 1. The zero-order valence-corrected chi connectivity index (χ0v) is 25.8. The van der Waals surface area contributed by atoms with Gasteiger partial charge in [-0.05, 0) is 37.6 Å². The number of thiazole rings is 2. The van der Waals surface area contributed by atoms with Crippen molar-refractivity contribution in [2.75, 3.05) is 17.2 Å². The van der Waals surface area contributed by atoms with Gasteiger partial charge in [-0.1, -0.05) is 46.8 Å². The first-order valence-electron chi connectivity index (χ1n) is 12.6. The summed E-state index contributed by atoms with van der Waals surface area (Å²) in [6, 6.07) is 9.59. The van der Waals surface area contributed by atoms with Crippen molar-refractivity contribution in [1.82, 2.24) is 9.55 Å². The van der Waals surface area contributed by atoms with Crippen LogP contribution in [0, 0.1) is 0 Å². The number of carboxylic acids is 1. The number of para-hydroxylation sites is 1. The van der Waals surface area contributed by atoms with Crippen LogP contribution in [-0.4, -0.2) is 45.9 Å². The molecule has 0 atom stereocenters. The lowest BCUT2D eigenvalue weighted by atomic mass is 10.3. The molecule has 15 heteroatoms. The van der Waals surface area contributed by atoms with Crippen molar-refractivity contribution in [1.29, 1.82) is 0 Å². The minimum absolute atomic E-state index is 0.0183. The Morgan fingerprint density at radius 3 is 2.73 bits per heavy atom. The summed E-state index contributed by atoms with van der Waals surface area (Å²) in [5.41, 5.74) is 0.806. The van der Waals surface area contributed by atoms with Crippen molar-refractivity contribution >= 4 is 90.3 Å². The number of H-pyrrole nitrogens is 1. The highest BCUT2D eigenvalue weighted by Crippen LogP contribution is 2.46. The number of hydrogen-bond donors (Lipinski definition) is 3. The van der Waals surface area contributed by atoms with Gasteiger partial charge in [0.05, 0.1) is 26.3 Å². The minimum atomic E-state index is -4.09. The Morgan fingerprint density at radius 2 is 2.00 bits per heavy atom. The molecule has 0 saturated carbocycles. The molecule has 0 saturated heterocycles. The zero-order valence-electron chi connectivity index (χ0n) is 21.7. The maximum Gasteiger partial charge on any atom is 0.309 e. The summed E-state index contributed by atoms with van der Waals surface area (Å²) >= 11 is 10.5. The van der Waals surface area contributed by atoms with Gasteiger partial charge in [0.15, 0.2) is 6.54 Å². The Bertz CT molecular complexity index is 1950. The number of anilines is 1. The number of thioether (sulfide) groups is 1. The average Bonchev–Trinajstić information content (AvgIpc) is 3.61. The molecule has 0 aliphatic carbocycles. The third-order valence-electron chi connectivity index (χ3n) is 6.33. The quantitative estimate of drug-likeness (QED) is 0.175. The fraction of sp³-hybridized carbons (Fsp3) is 0.269. The molecule has 0 unspecified atom stereocenters. The monoisotopic (exact) mass is 653 g/mol. The number of carboxylic acid groups (broad SMARTS) is 1. The number of aromatic amines is 1. The lowest BCUT2D eigenvalue weighted by molar-refractivity contribution is -0.667. The number of benzene rings is 1. The molecule has 0 bridgehead atoms. The van der Waals surface area contributed by atoms with Crippen LogP contribution >= 0.6 is 46.0 Å². The van der Waals surface area contributed by atoms with E-state index in [0.717, 1.165) is 35.6 Å². The fourth-order valence-corrected chi connectivity index (χ4v) is 8.61. The van der Waals surface area contributed by atoms with E-state index in [2.05, 4.69) is 4.98 Å². The Hall–Kier alpha value is -2.88. The topological polar surface area (TPSA) is 137 Å². The fourth-order valence-electron chi connectivity index (χ4n) is 4.51. The first-order valence-corrected chi connectivity index (χ1v) is 17.0. The number of hydrogen-bond acceptors (Lipinski definition) is 8. The van der Waals surface area contributed by atoms with Crippen LogP contribution < -0.4 is 24.2 Å². The van der Waals surface area contributed by atoms with Gasteiger partial charge in [0.2, 0.25) is 5.52 Å². The van der Waals surface area contributed by atoms with Gasteiger partial charge in [-0.2, -0.15) is 13.0 Å². The highest BCUT2D eigenvalue weighted by molar-refractivity contribution is 8.03. The van der Waals surface area contributed by atoms with E-state index < -0.39 is 16.1 Å². The molecule has 10 nitrogen and oxygen atoms in total. The maximum absolute atomic E-state index is 13.3. The smallest absolute Gasteiger partial charge is 0.309 e. The molecule has 216 valence electrons. The van der Waals surface area contributed by atoms with Gasteiger partial charge in [-0.15, -0.1) is 11.3 Å². The number of rotatable bonds is 10. The maximum atomic E-state index is 13.3. The minimum Gasteiger partial charge on any atom is -0.481 e. The normalized spacial score (nSPS) is 15.5. The predicted molar refractivity (Wildman–Crippen MR) is 164 cm³/mol. The molecular weight excluding hydrogens is 628 g/mol. The van der Waals surface area contributed by atoms with Gasteiger partial charge in [0.1, 0.15) is 26.8 Å². The number of allylic oxidation sites excluding steroid dienone is 1. The molecule has 0 radical (unpaired) electrons. The first kappa shape index (κ1) is 29.6.